The van der Waals surface area contributed by atoms with Gasteiger partial charge in [-0.25, -0.2) is 4.98 Å². The summed E-state index contributed by atoms with van der Waals surface area (Å²) in [5.41, 5.74) is 5.62. The Labute approximate surface area is 140 Å². The van der Waals surface area contributed by atoms with E-state index in [0.29, 0.717) is 5.65 Å². The fourth-order valence-electron chi connectivity index (χ4n) is 3.22. The molecule has 0 bridgehead atoms. The average Bonchev–Trinajstić information content (AvgIpc) is 2.99. The fraction of sp³-hybridized carbons (Fsp3) is 0.200. The molecule has 0 N–H and O–H groups in total. The van der Waals surface area contributed by atoms with Crippen molar-refractivity contribution in [3.05, 3.63) is 75.3 Å². The number of hydrogen-bond donors (Lipinski definition) is 0. The SMILES string of the molecule is COc1cccc(C=C2CCc3c2nc2ccc(C)cn2c3=O)c1. The average molecular weight is 318 g/mol. The second-order valence-corrected chi connectivity index (χ2v) is 6.12. The molecule has 0 saturated heterocycles. The van der Waals surface area contributed by atoms with E-state index in [-0.39, 0.29) is 5.56 Å². The Hall–Kier alpha value is -2.88. The van der Waals surface area contributed by atoms with Crippen molar-refractivity contribution in [2.45, 2.75) is 19.8 Å². The van der Waals surface area contributed by atoms with Gasteiger partial charge in [0.2, 0.25) is 0 Å². The van der Waals surface area contributed by atoms with Crippen molar-refractivity contribution in [2.24, 2.45) is 0 Å². The smallest absolute Gasteiger partial charge is 0.261 e. The number of aryl methyl sites for hydroxylation is 1. The van der Waals surface area contributed by atoms with Gasteiger partial charge in [0.05, 0.1) is 12.8 Å². The summed E-state index contributed by atoms with van der Waals surface area (Å²) in [4.78, 5) is 17.5. The van der Waals surface area contributed by atoms with Crippen LogP contribution in [-0.2, 0) is 6.42 Å². The van der Waals surface area contributed by atoms with Crippen LogP contribution in [0, 0.1) is 6.92 Å². The molecule has 0 aliphatic heterocycles. The Bertz CT molecular complexity index is 1030. The summed E-state index contributed by atoms with van der Waals surface area (Å²) in [7, 11) is 1.66. The summed E-state index contributed by atoms with van der Waals surface area (Å²) in [6.45, 7) is 1.98. The Morgan fingerprint density at radius 1 is 1.21 bits per heavy atom. The van der Waals surface area contributed by atoms with Gasteiger partial charge in [-0.15, -0.1) is 0 Å². The molecule has 0 saturated carbocycles. The Morgan fingerprint density at radius 2 is 2.08 bits per heavy atom. The second kappa shape index (κ2) is 5.64. The van der Waals surface area contributed by atoms with E-state index in [0.717, 1.165) is 46.5 Å². The zero-order chi connectivity index (χ0) is 16.7. The predicted octanol–water partition coefficient (Wildman–Crippen LogP) is 3.50. The lowest BCUT2D eigenvalue weighted by atomic mass is 10.1. The van der Waals surface area contributed by atoms with Crippen LogP contribution in [0.2, 0.25) is 0 Å². The highest BCUT2D eigenvalue weighted by molar-refractivity contribution is 5.84. The van der Waals surface area contributed by atoms with E-state index in [1.54, 1.807) is 11.5 Å². The van der Waals surface area contributed by atoms with Gasteiger partial charge < -0.3 is 4.74 Å². The highest BCUT2D eigenvalue weighted by atomic mass is 16.5. The van der Waals surface area contributed by atoms with Gasteiger partial charge in [-0.05, 0) is 60.7 Å². The van der Waals surface area contributed by atoms with E-state index in [1.165, 1.54) is 0 Å². The Balaban J connectivity index is 1.87. The maximum Gasteiger partial charge on any atom is 0.261 e. The summed E-state index contributed by atoms with van der Waals surface area (Å²) in [5, 5.41) is 0. The molecule has 1 aromatic carbocycles. The van der Waals surface area contributed by atoms with Crippen LogP contribution in [0.3, 0.4) is 0 Å². The zero-order valence-corrected chi connectivity index (χ0v) is 13.7. The third-order valence-electron chi connectivity index (χ3n) is 4.45. The summed E-state index contributed by atoms with van der Waals surface area (Å²) in [6.07, 6.45) is 5.54. The molecule has 120 valence electrons. The van der Waals surface area contributed by atoms with Crippen molar-refractivity contribution in [3.8, 4) is 5.75 Å². The third kappa shape index (κ3) is 2.40. The first-order valence-electron chi connectivity index (χ1n) is 8.02. The molecule has 0 fully saturated rings. The molecule has 0 atom stereocenters. The van der Waals surface area contributed by atoms with Gasteiger partial charge in [-0.3, -0.25) is 9.20 Å². The lowest BCUT2D eigenvalue weighted by molar-refractivity contribution is 0.414. The molecule has 4 nitrogen and oxygen atoms in total. The van der Waals surface area contributed by atoms with E-state index >= 15 is 0 Å². The molecule has 2 heterocycles. The number of hydrogen-bond acceptors (Lipinski definition) is 3. The van der Waals surface area contributed by atoms with Crippen LogP contribution in [0.5, 0.6) is 5.75 Å². The topological polar surface area (TPSA) is 43.6 Å². The van der Waals surface area contributed by atoms with Gasteiger partial charge >= 0.3 is 0 Å². The summed E-state index contributed by atoms with van der Waals surface area (Å²) in [6, 6.07) is 11.8. The van der Waals surface area contributed by atoms with Crippen LogP contribution in [0.25, 0.3) is 17.3 Å². The molecule has 1 aliphatic rings. The van der Waals surface area contributed by atoms with Gasteiger partial charge in [-0.1, -0.05) is 18.2 Å². The Morgan fingerprint density at radius 3 is 2.92 bits per heavy atom. The summed E-state index contributed by atoms with van der Waals surface area (Å²) < 4.78 is 6.93. The minimum atomic E-state index is 0.0488. The molecule has 1 aliphatic carbocycles. The maximum absolute atomic E-state index is 12.7. The minimum absolute atomic E-state index is 0.0488. The first-order chi connectivity index (χ1) is 11.7. The molecule has 24 heavy (non-hydrogen) atoms. The number of ether oxygens (including phenoxy) is 1. The number of pyridine rings is 1. The fourth-order valence-corrected chi connectivity index (χ4v) is 3.22. The third-order valence-corrected chi connectivity index (χ3v) is 4.45. The first kappa shape index (κ1) is 14.7. The van der Waals surface area contributed by atoms with Crippen LogP contribution in [0.1, 0.15) is 28.8 Å². The number of benzene rings is 1. The minimum Gasteiger partial charge on any atom is -0.497 e. The van der Waals surface area contributed by atoms with Crippen LogP contribution < -0.4 is 10.3 Å². The molecule has 3 aromatic rings. The molecule has 0 radical (unpaired) electrons. The quantitative estimate of drug-likeness (QED) is 0.726. The number of rotatable bonds is 2. The number of allylic oxidation sites excluding steroid dienone is 1. The molecule has 2 aromatic heterocycles. The van der Waals surface area contributed by atoms with Gasteiger partial charge in [0, 0.05) is 11.8 Å². The lowest BCUT2D eigenvalue weighted by Gasteiger charge is -2.06. The number of fused-ring (bicyclic) bond motifs is 2. The Kier molecular flexibility index (Phi) is 3.45. The molecular weight excluding hydrogens is 300 g/mol. The number of aromatic nitrogens is 2. The predicted molar refractivity (Wildman–Crippen MR) is 95.4 cm³/mol. The first-order valence-corrected chi connectivity index (χ1v) is 8.02. The molecule has 0 amide bonds. The van der Waals surface area contributed by atoms with Crippen molar-refractivity contribution in [1.82, 2.24) is 9.38 Å². The van der Waals surface area contributed by atoms with Crippen molar-refractivity contribution in [2.75, 3.05) is 7.11 Å². The number of nitrogens with zero attached hydrogens (tertiary/aromatic N) is 2. The van der Waals surface area contributed by atoms with Crippen molar-refractivity contribution in [3.63, 3.8) is 0 Å². The molecule has 0 unspecified atom stereocenters. The normalized spacial score (nSPS) is 15.0. The standard InChI is InChI=1S/C20H18N2O2/c1-13-6-9-18-21-19-15(7-8-17(19)20(23)22(18)12-13)10-14-4-3-5-16(11-14)24-2/h3-6,9-12H,7-8H2,1-2H3. The van der Waals surface area contributed by atoms with Crippen molar-refractivity contribution in [1.29, 1.82) is 0 Å². The van der Waals surface area contributed by atoms with E-state index in [1.807, 2.05) is 49.5 Å². The van der Waals surface area contributed by atoms with Gasteiger partial charge in [0.1, 0.15) is 11.4 Å². The summed E-state index contributed by atoms with van der Waals surface area (Å²) in [5.74, 6) is 0.824. The summed E-state index contributed by atoms with van der Waals surface area (Å²) >= 11 is 0. The van der Waals surface area contributed by atoms with E-state index in [4.69, 9.17) is 9.72 Å². The van der Waals surface area contributed by atoms with E-state index in [9.17, 15) is 4.79 Å². The monoisotopic (exact) mass is 318 g/mol. The van der Waals surface area contributed by atoms with E-state index < -0.39 is 0 Å². The lowest BCUT2D eigenvalue weighted by Crippen LogP contribution is -2.19. The number of methoxy groups -OCH3 is 1. The van der Waals surface area contributed by atoms with Gasteiger partial charge in [0.25, 0.3) is 5.56 Å². The van der Waals surface area contributed by atoms with E-state index in [2.05, 4.69) is 6.08 Å². The highest BCUT2D eigenvalue weighted by Gasteiger charge is 2.22. The second-order valence-electron chi connectivity index (χ2n) is 6.12. The van der Waals surface area contributed by atoms with Crippen molar-refractivity contribution < 1.29 is 4.74 Å². The van der Waals surface area contributed by atoms with Crippen LogP contribution in [-0.4, -0.2) is 16.5 Å². The zero-order valence-electron chi connectivity index (χ0n) is 13.7. The molecule has 4 heteroatoms. The van der Waals surface area contributed by atoms with Gasteiger partial charge in [0.15, 0.2) is 0 Å². The van der Waals surface area contributed by atoms with Crippen LogP contribution in [0.4, 0.5) is 0 Å². The largest absolute Gasteiger partial charge is 0.497 e. The van der Waals surface area contributed by atoms with Crippen LogP contribution in [0.15, 0.2) is 47.4 Å². The molecule has 0 spiro atoms. The van der Waals surface area contributed by atoms with Gasteiger partial charge in [-0.2, -0.15) is 0 Å². The molecular formula is C20H18N2O2. The maximum atomic E-state index is 12.7. The molecule has 4 rings (SSSR count). The van der Waals surface area contributed by atoms with Crippen LogP contribution >= 0.6 is 0 Å². The van der Waals surface area contributed by atoms with Crippen molar-refractivity contribution >= 4 is 17.3 Å². The highest BCUT2D eigenvalue weighted by Crippen LogP contribution is 2.31.